The lowest BCUT2D eigenvalue weighted by Gasteiger charge is -2.15. The SMILES string of the molecule is C=CCn1c(SC(C)C(=O)Nc2ccccc2[N+](=O)[O-])nc2sc3c(c2c1=O)CCCC3. The lowest BCUT2D eigenvalue weighted by Crippen LogP contribution is -2.27. The van der Waals surface area contributed by atoms with Gasteiger partial charge in [-0.05, 0) is 44.2 Å². The molecule has 0 fully saturated rings. The van der Waals surface area contributed by atoms with Crippen molar-refractivity contribution >= 4 is 50.6 Å². The van der Waals surface area contributed by atoms with E-state index in [-0.39, 0.29) is 23.5 Å². The maximum atomic E-state index is 13.3. The number of nitro groups is 1. The van der Waals surface area contributed by atoms with Crippen molar-refractivity contribution in [2.24, 2.45) is 0 Å². The first-order valence-electron chi connectivity index (χ1n) is 10.3. The van der Waals surface area contributed by atoms with Gasteiger partial charge in [-0.1, -0.05) is 30.0 Å². The van der Waals surface area contributed by atoms with Gasteiger partial charge in [0.1, 0.15) is 10.5 Å². The summed E-state index contributed by atoms with van der Waals surface area (Å²) in [5, 5.41) is 14.3. The number of amides is 1. The summed E-state index contributed by atoms with van der Waals surface area (Å²) in [5.74, 6) is -0.408. The van der Waals surface area contributed by atoms with E-state index in [9.17, 15) is 19.7 Å². The normalized spacial score (nSPS) is 14.0. The van der Waals surface area contributed by atoms with Crippen LogP contribution in [0.4, 0.5) is 11.4 Å². The van der Waals surface area contributed by atoms with Crippen molar-refractivity contribution in [3.8, 4) is 0 Å². The molecule has 0 saturated carbocycles. The Balaban J connectivity index is 1.65. The van der Waals surface area contributed by atoms with Gasteiger partial charge in [-0.25, -0.2) is 4.98 Å². The number of allylic oxidation sites excluding steroid dienone is 1. The molecule has 1 amide bonds. The summed E-state index contributed by atoms with van der Waals surface area (Å²) in [6.45, 7) is 5.72. The number of para-hydroxylation sites is 2. The summed E-state index contributed by atoms with van der Waals surface area (Å²) in [5.41, 5.74) is 0.964. The Morgan fingerprint density at radius 1 is 1.41 bits per heavy atom. The molecule has 2 heterocycles. The zero-order chi connectivity index (χ0) is 22.8. The van der Waals surface area contributed by atoms with E-state index in [1.165, 1.54) is 17.0 Å². The van der Waals surface area contributed by atoms with E-state index >= 15 is 0 Å². The highest BCUT2D eigenvalue weighted by Crippen LogP contribution is 2.35. The summed E-state index contributed by atoms with van der Waals surface area (Å²) in [6.07, 6.45) is 5.68. The summed E-state index contributed by atoms with van der Waals surface area (Å²) in [7, 11) is 0. The number of benzene rings is 1. The molecule has 8 nitrogen and oxygen atoms in total. The van der Waals surface area contributed by atoms with Crippen molar-refractivity contribution in [1.29, 1.82) is 0 Å². The molecule has 2 aromatic heterocycles. The predicted octanol–water partition coefficient (Wildman–Crippen LogP) is 4.55. The highest BCUT2D eigenvalue weighted by atomic mass is 32.2. The molecule has 1 aromatic carbocycles. The zero-order valence-corrected chi connectivity index (χ0v) is 19.1. The second kappa shape index (κ2) is 9.25. The van der Waals surface area contributed by atoms with Crippen molar-refractivity contribution in [3.05, 3.63) is 67.8 Å². The zero-order valence-electron chi connectivity index (χ0n) is 17.5. The highest BCUT2D eigenvalue weighted by Gasteiger charge is 2.25. The molecule has 1 aliphatic rings. The minimum atomic E-state index is -0.634. The molecule has 0 radical (unpaired) electrons. The number of carbonyl (C=O) groups excluding carboxylic acids is 1. The van der Waals surface area contributed by atoms with E-state index in [4.69, 9.17) is 4.98 Å². The molecular formula is C22H22N4O4S2. The molecule has 1 N–H and O–H groups in total. The molecule has 166 valence electrons. The fourth-order valence-corrected chi connectivity index (χ4v) is 6.00. The molecular weight excluding hydrogens is 448 g/mol. The van der Waals surface area contributed by atoms with Crippen LogP contribution < -0.4 is 10.9 Å². The Morgan fingerprint density at radius 3 is 2.91 bits per heavy atom. The lowest BCUT2D eigenvalue weighted by atomic mass is 9.97. The largest absolute Gasteiger partial charge is 0.319 e. The van der Waals surface area contributed by atoms with Crippen molar-refractivity contribution in [2.75, 3.05) is 5.32 Å². The van der Waals surface area contributed by atoms with Gasteiger partial charge in [-0.15, -0.1) is 17.9 Å². The van der Waals surface area contributed by atoms with E-state index in [0.29, 0.717) is 15.4 Å². The fraction of sp³-hybridized carbons (Fsp3) is 0.318. The summed E-state index contributed by atoms with van der Waals surface area (Å²) in [6, 6.07) is 5.99. The molecule has 0 saturated heterocycles. The molecule has 1 atom stereocenters. The van der Waals surface area contributed by atoms with E-state index < -0.39 is 16.1 Å². The maximum absolute atomic E-state index is 13.3. The molecule has 10 heteroatoms. The average molecular weight is 471 g/mol. The third-order valence-corrected chi connectivity index (χ3v) is 7.64. The molecule has 1 aliphatic carbocycles. The standard InChI is InChI=1S/C22H22N4O4S2/c1-3-12-25-21(28)18-14-8-4-7-11-17(14)32-20(18)24-22(25)31-13(2)19(27)23-15-9-5-6-10-16(15)26(29)30/h3,5-6,9-10,13H,1,4,7-8,11-12H2,2H3,(H,23,27). The highest BCUT2D eigenvalue weighted by molar-refractivity contribution is 8.00. The Bertz CT molecular complexity index is 1280. The maximum Gasteiger partial charge on any atom is 0.292 e. The summed E-state index contributed by atoms with van der Waals surface area (Å²) >= 11 is 2.71. The van der Waals surface area contributed by atoms with Crippen LogP contribution in [-0.4, -0.2) is 25.6 Å². The van der Waals surface area contributed by atoms with E-state index in [1.54, 1.807) is 41.0 Å². The van der Waals surface area contributed by atoms with Crippen LogP contribution in [0, 0.1) is 10.1 Å². The fourth-order valence-electron chi connectivity index (χ4n) is 3.78. The van der Waals surface area contributed by atoms with Gasteiger partial charge < -0.3 is 5.32 Å². The van der Waals surface area contributed by atoms with Crippen LogP contribution in [0.15, 0.2) is 46.9 Å². The van der Waals surface area contributed by atoms with Crippen molar-refractivity contribution in [1.82, 2.24) is 9.55 Å². The smallest absolute Gasteiger partial charge is 0.292 e. The van der Waals surface area contributed by atoms with Gasteiger partial charge in [0, 0.05) is 17.5 Å². The number of rotatable bonds is 7. The first-order valence-corrected chi connectivity index (χ1v) is 12.0. The number of aromatic nitrogens is 2. The Kier molecular flexibility index (Phi) is 6.43. The molecule has 0 spiro atoms. The van der Waals surface area contributed by atoms with E-state index in [0.717, 1.165) is 43.0 Å². The lowest BCUT2D eigenvalue weighted by molar-refractivity contribution is -0.383. The van der Waals surface area contributed by atoms with Gasteiger partial charge in [0.15, 0.2) is 5.16 Å². The number of anilines is 1. The number of nitro benzene ring substituents is 1. The van der Waals surface area contributed by atoms with Gasteiger partial charge in [0.25, 0.3) is 11.2 Å². The summed E-state index contributed by atoms with van der Waals surface area (Å²) < 4.78 is 1.55. The molecule has 32 heavy (non-hydrogen) atoms. The molecule has 1 unspecified atom stereocenters. The molecule has 0 aliphatic heterocycles. The van der Waals surface area contributed by atoms with Crippen LogP contribution >= 0.6 is 23.1 Å². The van der Waals surface area contributed by atoms with Crippen LogP contribution in [0.1, 0.15) is 30.2 Å². The van der Waals surface area contributed by atoms with Crippen LogP contribution in [0.2, 0.25) is 0 Å². The number of thioether (sulfide) groups is 1. The van der Waals surface area contributed by atoms with Gasteiger partial charge in [-0.2, -0.15) is 0 Å². The molecule has 4 rings (SSSR count). The number of fused-ring (bicyclic) bond motifs is 3. The number of thiophene rings is 1. The first-order chi connectivity index (χ1) is 15.4. The van der Waals surface area contributed by atoms with Crippen molar-refractivity contribution in [2.45, 2.75) is 49.6 Å². The van der Waals surface area contributed by atoms with Gasteiger partial charge >= 0.3 is 0 Å². The monoisotopic (exact) mass is 470 g/mol. The van der Waals surface area contributed by atoms with Crippen LogP contribution in [0.25, 0.3) is 10.2 Å². The Labute approximate surface area is 192 Å². The van der Waals surface area contributed by atoms with Crippen molar-refractivity contribution < 1.29 is 9.72 Å². The minimum absolute atomic E-state index is 0.108. The van der Waals surface area contributed by atoms with Gasteiger partial charge in [-0.3, -0.25) is 24.3 Å². The van der Waals surface area contributed by atoms with Crippen molar-refractivity contribution in [3.63, 3.8) is 0 Å². The number of aryl methyl sites for hydroxylation is 2. The second-order valence-electron chi connectivity index (χ2n) is 7.51. The Morgan fingerprint density at radius 2 is 2.16 bits per heavy atom. The molecule has 0 bridgehead atoms. The quantitative estimate of drug-likeness (QED) is 0.178. The average Bonchev–Trinajstić information content (AvgIpc) is 3.15. The van der Waals surface area contributed by atoms with Crippen LogP contribution in [-0.2, 0) is 24.2 Å². The minimum Gasteiger partial charge on any atom is -0.319 e. The number of carbonyl (C=O) groups is 1. The Hall–Kier alpha value is -2.98. The number of nitrogens with one attached hydrogen (secondary N) is 1. The third kappa shape index (κ3) is 4.20. The van der Waals surface area contributed by atoms with Crippen LogP contribution in [0.5, 0.6) is 0 Å². The third-order valence-electron chi connectivity index (χ3n) is 5.36. The number of hydrogen-bond donors (Lipinski definition) is 1. The number of hydrogen-bond acceptors (Lipinski definition) is 7. The van der Waals surface area contributed by atoms with Crippen LogP contribution in [0.3, 0.4) is 0 Å². The topological polar surface area (TPSA) is 107 Å². The van der Waals surface area contributed by atoms with E-state index in [1.807, 2.05) is 0 Å². The summed E-state index contributed by atoms with van der Waals surface area (Å²) in [4.78, 5) is 43.5. The molecule has 3 aromatic rings. The number of nitrogens with zero attached hydrogens (tertiary/aromatic N) is 3. The van der Waals surface area contributed by atoms with Gasteiger partial charge in [0.05, 0.1) is 15.6 Å². The second-order valence-corrected chi connectivity index (χ2v) is 9.91. The van der Waals surface area contributed by atoms with E-state index in [2.05, 4.69) is 11.9 Å². The van der Waals surface area contributed by atoms with Gasteiger partial charge in [0.2, 0.25) is 5.91 Å². The predicted molar refractivity (Wildman–Crippen MR) is 128 cm³/mol. The first kappa shape index (κ1) is 22.2.